The minimum absolute atomic E-state index is 0.0628. The second kappa shape index (κ2) is 5.13. The van der Waals surface area contributed by atoms with Gasteiger partial charge in [0.1, 0.15) is 11.4 Å². The van der Waals surface area contributed by atoms with E-state index in [4.69, 9.17) is 0 Å². The Bertz CT molecular complexity index is 602. The number of nitrogens with zero attached hydrogens (tertiary/aromatic N) is 1. The third-order valence-electron chi connectivity index (χ3n) is 4.63. The van der Waals surface area contributed by atoms with Crippen LogP contribution in [0, 0.1) is 12.7 Å². The normalized spacial score (nSPS) is 25.2. The van der Waals surface area contributed by atoms with Crippen molar-refractivity contribution in [2.75, 3.05) is 13.1 Å². The fraction of sp³-hybridized carbons (Fsp3) is 0.500. The Hall–Kier alpha value is -1.91. The summed E-state index contributed by atoms with van der Waals surface area (Å²) in [5, 5.41) is 2.86. The van der Waals surface area contributed by atoms with Gasteiger partial charge in [-0.15, -0.1) is 0 Å². The molecule has 2 amide bonds. The Labute approximate surface area is 123 Å². The Kier molecular flexibility index (Phi) is 3.43. The zero-order chi connectivity index (χ0) is 15.0. The first-order chi connectivity index (χ1) is 10.0. The lowest BCUT2D eigenvalue weighted by Gasteiger charge is -2.40. The highest BCUT2D eigenvalue weighted by atomic mass is 19.1. The van der Waals surface area contributed by atoms with Crippen LogP contribution in [0.25, 0.3) is 0 Å². The summed E-state index contributed by atoms with van der Waals surface area (Å²) in [7, 11) is 0. The molecule has 2 aliphatic heterocycles. The van der Waals surface area contributed by atoms with E-state index in [1.807, 2.05) is 0 Å². The number of piperidine rings is 1. The minimum atomic E-state index is -0.726. The molecule has 2 fully saturated rings. The van der Waals surface area contributed by atoms with Gasteiger partial charge >= 0.3 is 0 Å². The molecule has 1 spiro atoms. The second-order valence-corrected chi connectivity index (χ2v) is 5.92. The van der Waals surface area contributed by atoms with Gasteiger partial charge < -0.3 is 10.2 Å². The molecule has 0 saturated carbocycles. The summed E-state index contributed by atoms with van der Waals surface area (Å²) in [6, 6.07) is 4.50. The molecule has 1 atom stereocenters. The van der Waals surface area contributed by atoms with Crippen LogP contribution in [-0.2, 0) is 4.79 Å². The molecule has 2 saturated heterocycles. The molecule has 1 aromatic rings. The van der Waals surface area contributed by atoms with Crippen LogP contribution in [0.3, 0.4) is 0 Å². The van der Waals surface area contributed by atoms with Gasteiger partial charge in [-0.25, -0.2) is 4.39 Å². The van der Waals surface area contributed by atoms with Gasteiger partial charge in [0.15, 0.2) is 0 Å². The third-order valence-corrected chi connectivity index (χ3v) is 4.63. The van der Waals surface area contributed by atoms with E-state index in [0.717, 1.165) is 12.8 Å². The van der Waals surface area contributed by atoms with Crippen molar-refractivity contribution in [1.29, 1.82) is 0 Å². The van der Waals surface area contributed by atoms with Crippen molar-refractivity contribution in [3.8, 4) is 0 Å². The molecular formula is C16H19FN2O2. The van der Waals surface area contributed by atoms with Gasteiger partial charge in [-0.2, -0.15) is 0 Å². The minimum Gasteiger partial charge on any atom is -0.354 e. The fourth-order valence-corrected chi connectivity index (χ4v) is 3.41. The summed E-state index contributed by atoms with van der Waals surface area (Å²) >= 11 is 0. The average Bonchev–Trinajstić information content (AvgIpc) is 2.89. The van der Waals surface area contributed by atoms with Gasteiger partial charge in [-0.1, -0.05) is 6.07 Å². The molecule has 2 heterocycles. The lowest BCUT2D eigenvalue weighted by molar-refractivity contribution is -0.133. The van der Waals surface area contributed by atoms with E-state index >= 15 is 0 Å². The topological polar surface area (TPSA) is 49.4 Å². The molecule has 5 heteroatoms. The summed E-state index contributed by atoms with van der Waals surface area (Å²) in [6.45, 7) is 2.89. The number of benzene rings is 1. The van der Waals surface area contributed by atoms with Crippen molar-refractivity contribution in [3.63, 3.8) is 0 Å². The Morgan fingerprint density at radius 1 is 1.33 bits per heavy atom. The maximum absolute atomic E-state index is 13.7. The molecule has 1 aromatic carbocycles. The lowest BCUT2D eigenvalue weighted by Crippen LogP contribution is -2.60. The molecule has 3 rings (SSSR count). The van der Waals surface area contributed by atoms with Crippen LogP contribution in [0.4, 0.5) is 4.39 Å². The molecule has 1 unspecified atom stereocenters. The van der Waals surface area contributed by atoms with Crippen molar-refractivity contribution >= 4 is 11.8 Å². The van der Waals surface area contributed by atoms with E-state index in [9.17, 15) is 14.0 Å². The third kappa shape index (κ3) is 2.20. The molecule has 0 radical (unpaired) electrons. The van der Waals surface area contributed by atoms with E-state index in [2.05, 4.69) is 5.32 Å². The quantitative estimate of drug-likeness (QED) is 0.860. The highest BCUT2D eigenvalue weighted by Gasteiger charge is 2.50. The van der Waals surface area contributed by atoms with Gasteiger partial charge in [0.25, 0.3) is 5.91 Å². The van der Waals surface area contributed by atoms with E-state index in [1.54, 1.807) is 24.0 Å². The highest BCUT2D eigenvalue weighted by Crippen LogP contribution is 2.36. The first-order valence-electron chi connectivity index (χ1n) is 7.41. The SMILES string of the molecule is Cc1ccc(C(=O)N2CCCC23CCCNC3=O)cc1F. The number of hydrogen-bond donors (Lipinski definition) is 1. The standard InChI is InChI=1S/C16H19FN2O2/c1-11-4-5-12(10-13(11)17)14(20)19-9-3-7-16(19)6-2-8-18-15(16)21/h4-5,10H,2-3,6-9H2,1H3,(H,18,21). The van der Waals surface area contributed by atoms with Crippen LogP contribution < -0.4 is 5.32 Å². The number of carbonyl (C=O) groups excluding carboxylic acids is 2. The van der Waals surface area contributed by atoms with Gasteiger partial charge in [0, 0.05) is 18.7 Å². The van der Waals surface area contributed by atoms with E-state index in [0.29, 0.717) is 37.1 Å². The largest absolute Gasteiger partial charge is 0.354 e. The van der Waals surface area contributed by atoms with Crippen molar-refractivity contribution < 1.29 is 14.0 Å². The summed E-state index contributed by atoms with van der Waals surface area (Å²) < 4.78 is 13.7. The summed E-state index contributed by atoms with van der Waals surface area (Å²) in [5.41, 5.74) is 0.104. The molecule has 0 bridgehead atoms. The molecule has 112 valence electrons. The van der Waals surface area contributed by atoms with Crippen LogP contribution in [0.2, 0.25) is 0 Å². The molecule has 4 nitrogen and oxygen atoms in total. The van der Waals surface area contributed by atoms with E-state index in [1.165, 1.54) is 6.07 Å². The summed E-state index contributed by atoms with van der Waals surface area (Å²) in [6.07, 6.45) is 3.07. The monoisotopic (exact) mass is 290 g/mol. The van der Waals surface area contributed by atoms with Gasteiger partial charge in [-0.05, 0) is 50.3 Å². The van der Waals surface area contributed by atoms with Gasteiger partial charge in [0.2, 0.25) is 5.91 Å². The van der Waals surface area contributed by atoms with Crippen LogP contribution in [0.5, 0.6) is 0 Å². The number of carbonyl (C=O) groups is 2. The van der Waals surface area contributed by atoms with Gasteiger partial charge in [0.05, 0.1) is 0 Å². The van der Waals surface area contributed by atoms with Crippen LogP contribution >= 0.6 is 0 Å². The number of halogens is 1. The molecule has 21 heavy (non-hydrogen) atoms. The van der Waals surface area contributed by atoms with Crippen LogP contribution in [0.1, 0.15) is 41.6 Å². The molecule has 0 aromatic heterocycles. The van der Waals surface area contributed by atoms with Crippen molar-refractivity contribution in [3.05, 3.63) is 35.1 Å². The zero-order valence-corrected chi connectivity index (χ0v) is 12.1. The van der Waals surface area contributed by atoms with Gasteiger partial charge in [-0.3, -0.25) is 9.59 Å². The van der Waals surface area contributed by atoms with E-state index in [-0.39, 0.29) is 17.6 Å². The molecule has 1 N–H and O–H groups in total. The van der Waals surface area contributed by atoms with Crippen molar-refractivity contribution in [2.24, 2.45) is 0 Å². The Morgan fingerprint density at radius 3 is 2.81 bits per heavy atom. The molecule has 2 aliphatic rings. The lowest BCUT2D eigenvalue weighted by atomic mass is 9.86. The zero-order valence-electron chi connectivity index (χ0n) is 12.1. The predicted molar refractivity (Wildman–Crippen MR) is 76.4 cm³/mol. The number of aryl methyl sites for hydroxylation is 1. The van der Waals surface area contributed by atoms with Crippen LogP contribution in [-0.4, -0.2) is 35.3 Å². The number of amides is 2. The maximum atomic E-state index is 13.7. The van der Waals surface area contributed by atoms with Crippen molar-refractivity contribution in [1.82, 2.24) is 10.2 Å². The number of rotatable bonds is 1. The maximum Gasteiger partial charge on any atom is 0.254 e. The fourth-order valence-electron chi connectivity index (χ4n) is 3.41. The Balaban J connectivity index is 1.92. The number of nitrogens with one attached hydrogen (secondary N) is 1. The first kappa shape index (κ1) is 14.0. The van der Waals surface area contributed by atoms with Crippen LogP contribution in [0.15, 0.2) is 18.2 Å². The number of hydrogen-bond acceptors (Lipinski definition) is 2. The average molecular weight is 290 g/mol. The van der Waals surface area contributed by atoms with Crippen molar-refractivity contribution in [2.45, 2.75) is 38.1 Å². The van der Waals surface area contributed by atoms with E-state index < -0.39 is 5.54 Å². The summed E-state index contributed by atoms with van der Waals surface area (Å²) in [5.74, 6) is -0.696. The molecular weight excluding hydrogens is 271 g/mol. The Morgan fingerprint density at radius 2 is 2.10 bits per heavy atom. The highest BCUT2D eigenvalue weighted by molar-refractivity contribution is 6.00. The first-order valence-corrected chi connectivity index (χ1v) is 7.41. The number of likely N-dealkylation sites (tertiary alicyclic amines) is 1. The smallest absolute Gasteiger partial charge is 0.254 e. The second-order valence-electron chi connectivity index (χ2n) is 5.92. The predicted octanol–water partition coefficient (Wildman–Crippen LogP) is 2.02. The summed E-state index contributed by atoms with van der Waals surface area (Å²) in [4.78, 5) is 26.7. The molecule has 0 aliphatic carbocycles.